The number of rotatable bonds is 5. The van der Waals surface area contributed by atoms with Crippen LogP contribution in [0.25, 0.3) is 100 Å². The molecule has 4 heterocycles. The summed E-state index contributed by atoms with van der Waals surface area (Å²) in [5.41, 5.74) is 12.0. The smallest absolute Gasteiger partial charge is 0.161 e. The summed E-state index contributed by atoms with van der Waals surface area (Å²) >= 11 is 0. The van der Waals surface area contributed by atoms with E-state index < -0.39 is 0 Å². The monoisotopic (exact) mass is 641 g/mol. The Labute approximate surface area is 287 Å². The number of hydrogen-bond donors (Lipinski definition) is 0. The van der Waals surface area contributed by atoms with Crippen LogP contribution in [0.2, 0.25) is 0 Å². The molecule has 10 rings (SSSR count). The van der Waals surface area contributed by atoms with Gasteiger partial charge in [-0.2, -0.15) is 0 Å². The number of hydrogen-bond acceptors (Lipinski definition) is 5. The summed E-state index contributed by atoms with van der Waals surface area (Å²) in [4.78, 5) is 14.8. The minimum atomic E-state index is 0.629. The molecule has 0 bridgehead atoms. The van der Waals surface area contributed by atoms with Crippen molar-refractivity contribution in [1.29, 1.82) is 0 Å². The van der Waals surface area contributed by atoms with E-state index in [1.807, 2.05) is 66.9 Å². The van der Waals surface area contributed by atoms with Gasteiger partial charge in [0.25, 0.3) is 0 Å². The number of pyridine rings is 1. The Morgan fingerprint density at radius 1 is 0.400 bits per heavy atom. The number of para-hydroxylation sites is 2. The van der Waals surface area contributed by atoms with Gasteiger partial charge in [-0.3, -0.25) is 4.98 Å². The molecule has 0 saturated carbocycles. The molecule has 5 nitrogen and oxygen atoms in total. The molecule has 0 atom stereocenters. The number of aromatic nitrogens is 3. The summed E-state index contributed by atoms with van der Waals surface area (Å²) in [6.07, 6.45) is 3.67. The lowest BCUT2D eigenvalue weighted by Gasteiger charge is -2.12. The second kappa shape index (κ2) is 11.4. The lowest BCUT2D eigenvalue weighted by molar-refractivity contribution is 0.668. The van der Waals surface area contributed by atoms with Crippen LogP contribution < -0.4 is 0 Å². The topological polar surface area (TPSA) is 65.0 Å². The highest BCUT2D eigenvalue weighted by Crippen LogP contribution is 2.43. The van der Waals surface area contributed by atoms with Crippen molar-refractivity contribution in [1.82, 2.24) is 15.0 Å². The van der Waals surface area contributed by atoms with E-state index in [9.17, 15) is 0 Å². The van der Waals surface area contributed by atoms with Crippen molar-refractivity contribution in [2.45, 2.75) is 0 Å². The van der Waals surface area contributed by atoms with E-state index in [1.165, 1.54) is 0 Å². The zero-order valence-electron chi connectivity index (χ0n) is 26.7. The predicted octanol–water partition coefficient (Wildman–Crippen LogP) is 12.0. The van der Waals surface area contributed by atoms with Gasteiger partial charge in [0.2, 0.25) is 0 Å². The van der Waals surface area contributed by atoms with Gasteiger partial charge in [0.15, 0.2) is 5.82 Å². The van der Waals surface area contributed by atoms with E-state index in [2.05, 4.69) is 96.0 Å². The number of furan rings is 2. The van der Waals surface area contributed by atoms with Gasteiger partial charge in [0.05, 0.1) is 11.4 Å². The zero-order chi connectivity index (χ0) is 33.0. The number of nitrogens with zero attached hydrogens (tertiary/aromatic N) is 3. The molecule has 0 aliphatic carbocycles. The molecule has 0 unspecified atom stereocenters. The Morgan fingerprint density at radius 3 is 1.92 bits per heavy atom. The fourth-order valence-electron chi connectivity index (χ4n) is 7.00. The molecular formula is C45H27N3O2. The third kappa shape index (κ3) is 4.67. The second-order valence-electron chi connectivity index (χ2n) is 12.4. The highest BCUT2D eigenvalue weighted by molar-refractivity contribution is 6.16. The maximum atomic E-state index is 6.67. The largest absolute Gasteiger partial charge is 0.456 e. The van der Waals surface area contributed by atoms with Crippen LogP contribution in [0, 0.1) is 0 Å². The second-order valence-corrected chi connectivity index (χ2v) is 12.4. The van der Waals surface area contributed by atoms with Crippen LogP contribution in [0.4, 0.5) is 0 Å². The summed E-state index contributed by atoms with van der Waals surface area (Å²) in [5, 5.41) is 4.18. The number of benzene rings is 6. The van der Waals surface area contributed by atoms with E-state index in [0.29, 0.717) is 5.82 Å². The standard InChI is InChI=1S/C45H27N3O2/c1-2-10-28(11-3-1)38-26-39(31-13-8-12-29(24-31)32-14-9-23-46-27-32)48-45(47-38)37-22-21-33(44-43(37)36-16-5-7-18-41(36)50-44)30-19-20-35-34-15-4-6-17-40(34)49-42(35)25-30/h1-27H. The van der Waals surface area contributed by atoms with Crippen LogP contribution in [0.5, 0.6) is 0 Å². The van der Waals surface area contributed by atoms with Gasteiger partial charge in [-0.15, -0.1) is 0 Å². The molecule has 5 heteroatoms. The summed E-state index contributed by atoms with van der Waals surface area (Å²) in [5.74, 6) is 0.629. The van der Waals surface area contributed by atoms with Gasteiger partial charge in [-0.05, 0) is 65.7 Å². The van der Waals surface area contributed by atoms with Crippen molar-refractivity contribution in [3.8, 4) is 56.2 Å². The molecule has 0 radical (unpaired) electrons. The quantitative estimate of drug-likeness (QED) is 0.187. The molecule has 10 aromatic rings. The SMILES string of the molecule is c1ccc(-c2cc(-c3cccc(-c4cccnc4)c3)nc(-c3ccc(-c4ccc5c(c4)oc4ccccc45)c4oc5ccccc5c34)n2)cc1. The van der Waals surface area contributed by atoms with E-state index in [4.69, 9.17) is 18.8 Å². The Morgan fingerprint density at radius 2 is 1.08 bits per heavy atom. The van der Waals surface area contributed by atoms with Crippen molar-refractivity contribution in [3.63, 3.8) is 0 Å². The van der Waals surface area contributed by atoms with E-state index in [-0.39, 0.29) is 0 Å². The van der Waals surface area contributed by atoms with E-state index in [1.54, 1.807) is 6.20 Å². The van der Waals surface area contributed by atoms with Crippen molar-refractivity contribution in [3.05, 3.63) is 164 Å². The molecule has 0 amide bonds. The normalized spacial score (nSPS) is 11.6. The van der Waals surface area contributed by atoms with Crippen molar-refractivity contribution < 1.29 is 8.83 Å². The molecule has 0 spiro atoms. The molecule has 50 heavy (non-hydrogen) atoms. The molecule has 0 aliphatic rings. The fourth-order valence-corrected chi connectivity index (χ4v) is 7.00. The van der Waals surface area contributed by atoms with Crippen LogP contribution in [0.1, 0.15) is 0 Å². The Hall–Kier alpha value is -6.85. The Balaban J connectivity index is 1.20. The molecule has 0 N–H and O–H groups in total. The van der Waals surface area contributed by atoms with Gasteiger partial charge >= 0.3 is 0 Å². The van der Waals surface area contributed by atoms with E-state index in [0.717, 1.165) is 94.2 Å². The van der Waals surface area contributed by atoms with Gasteiger partial charge < -0.3 is 8.83 Å². The lowest BCUT2D eigenvalue weighted by atomic mass is 9.97. The van der Waals surface area contributed by atoms with Crippen LogP contribution in [-0.2, 0) is 0 Å². The van der Waals surface area contributed by atoms with E-state index >= 15 is 0 Å². The lowest BCUT2D eigenvalue weighted by Crippen LogP contribution is -1.97. The zero-order valence-corrected chi connectivity index (χ0v) is 26.7. The molecule has 0 saturated heterocycles. The molecule has 0 fully saturated rings. The van der Waals surface area contributed by atoms with Crippen LogP contribution in [-0.4, -0.2) is 15.0 Å². The fraction of sp³-hybridized carbons (Fsp3) is 0. The first-order chi connectivity index (χ1) is 24.8. The molecule has 6 aromatic carbocycles. The van der Waals surface area contributed by atoms with Gasteiger partial charge in [0.1, 0.15) is 22.3 Å². The average Bonchev–Trinajstić information content (AvgIpc) is 3.77. The van der Waals surface area contributed by atoms with Crippen molar-refractivity contribution >= 4 is 43.9 Å². The molecular weight excluding hydrogens is 615 g/mol. The first-order valence-corrected chi connectivity index (χ1v) is 16.6. The summed E-state index contributed by atoms with van der Waals surface area (Å²) in [7, 11) is 0. The highest BCUT2D eigenvalue weighted by Gasteiger charge is 2.21. The van der Waals surface area contributed by atoms with Crippen LogP contribution in [0.3, 0.4) is 0 Å². The first-order valence-electron chi connectivity index (χ1n) is 16.6. The van der Waals surface area contributed by atoms with Gasteiger partial charge in [0, 0.05) is 61.8 Å². The highest BCUT2D eigenvalue weighted by atomic mass is 16.3. The third-order valence-corrected chi connectivity index (χ3v) is 9.41. The minimum Gasteiger partial charge on any atom is -0.456 e. The summed E-state index contributed by atoms with van der Waals surface area (Å²) in [6.45, 7) is 0. The number of fused-ring (bicyclic) bond motifs is 6. The van der Waals surface area contributed by atoms with Crippen molar-refractivity contribution in [2.75, 3.05) is 0 Å². The molecule has 0 aliphatic heterocycles. The summed E-state index contributed by atoms with van der Waals surface area (Å²) < 4.78 is 12.9. The van der Waals surface area contributed by atoms with Gasteiger partial charge in [-0.1, -0.05) is 97.1 Å². The van der Waals surface area contributed by atoms with Gasteiger partial charge in [-0.25, -0.2) is 9.97 Å². The third-order valence-electron chi connectivity index (χ3n) is 9.41. The predicted molar refractivity (Wildman–Crippen MR) is 202 cm³/mol. The maximum absolute atomic E-state index is 6.67. The molecule has 4 aromatic heterocycles. The van der Waals surface area contributed by atoms with Crippen molar-refractivity contribution in [2.24, 2.45) is 0 Å². The molecule has 234 valence electrons. The Bertz CT molecular complexity index is 2870. The minimum absolute atomic E-state index is 0.629. The van der Waals surface area contributed by atoms with Crippen LogP contribution in [0.15, 0.2) is 173 Å². The van der Waals surface area contributed by atoms with Crippen LogP contribution >= 0.6 is 0 Å². The summed E-state index contributed by atoms with van der Waals surface area (Å²) in [6, 6.07) is 51.7. The Kier molecular flexibility index (Phi) is 6.42. The average molecular weight is 642 g/mol. The maximum Gasteiger partial charge on any atom is 0.161 e. The first kappa shape index (κ1) is 28.2.